The Hall–Kier alpha value is -3.43. The number of ether oxygens (including phenoxy) is 1. The standard InChI is InChI=1S/C30H43N5O4/c1-21(32-3)28(36)33-22(2)29(37)35-17-8-11-25(35)20-34(18-16-23-9-6-5-7-10-23)30(38)27(31)19-24-12-14-26(39-4)15-13-24/h5-7,9-10,12-15,21-22,25,27,32H,8,11,16-20,31H2,1-4H3,(H,33,36)/t21-,22?,25-,27?/m0/s1. The topological polar surface area (TPSA) is 117 Å². The highest BCUT2D eigenvalue weighted by molar-refractivity contribution is 5.89. The first kappa shape index (κ1) is 30.1. The molecule has 2 unspecified atom stereocenters. The monoisotopic (exact) mass is 537 g/mol. The van der Waals surface area contributed by atoms with Gasteiger partial charge in [-0.2, -0.15) is 0 Å². The van der Waals surface area contributed by atoms with Crippen molar-refractivity contribution in [1.82, 2.24) is 20.4 Å². The van der Waals surface area contributed by atoms with Crippen LogP contribution < -0.4 is 21.1 Å². The molecule has 9 heteroatoms. The van der Waals surface area contributed by atoms with Crippen LogP contribution in [0, 0.1) is 0 Å². The van der Waals surface area contributed by atoms with Gasteiger partial charge in [0.05, 0.1) is 19.2 Å². The lowest BCUT2D eigenvalue weighted by molar-refractivity contribution is -0.139. The zero-order valence-corrected chi connectivity index (χ0v) is 23.6. The molecule has 4 atom stereocenters. The first-order valence-corrected chi connectivity index (χ1v) is 13.7. The molecule has 3 amide bonds. The number of rotatable bonds is 13. The molecule has 2 aromatic rings. The molecule has 2 aromatic carbocycles. The number of likely N-dealkylation sites (tertiary alicyclic amines) is 1. The summed E-state index contributed by atoms with van der Waals surface area (Å²) in [5.74, 6) is 0.260. The van der Waals surface area contributed by atoms with E-state index in [2.05, 4.69) is 10.6 Å². The number of nitrogens with two attached hydrogens (primary N) is 1. The first-order chi connectivity index (χ1) is 18.7. The summed E-state index contributed by atoms with van der Waals surface area (Å²) in [5, 5.41) is 5.69. The van der Waals surface area contributed by atoms with E-state index in [1.54, 1.807) is 28.0 Å². The van der Waals surface area contributed by atoms with Crippen molar-refractivity contribution in [1.29, 1.82) is 0 Å². The van der Waals surface area contributed by atoms with Crippen LogP contribution in [0.4, 0.5) is 0 Å². The van der Waals surface area contributed by atoms with Crippen molar-refractivity contribution in [3.05, 3.63) is 65.7 Å². The van der Waals surface area contributed by atoms with E-state index in [0.717, 1.165) is 29.7 Å². The summed E-state index contributed by atoms with van der Waals surface area (Å²) in [4.78, 5) is 42.9. The fraction of sp³-hybridized carbons (Fsp3) is 0.500. The SMILES string of the molecule is CN[C@@H](C)C(=O)NC(C)C(=O)N1CCC[C@H]1CN(CCc1ccccc1)C(=O)C(N)Cc1ccc(OC)cc1. The molecule has 39 heavy (non-hydrogen) atoms. The molecule has 3 rings (SSSR count). The van der Waals surface area contributed by atoms with E-state index in [0.29, 0.717) is 32.5 Å². The van der Waals surface area contributed by atoms with Crippen LogP contribution in [0.15, 0.2) is 54.6 Å². The van der Waals surface area contributed by atoms with Crippen molar-refractivity contribution in [3.63, 3.8) is 0 Å². The normalized spacial score (nSPS) is 17.3. The quantitative estimate of drug-likeness (QED) is 0.358. The summed E-state index contributed by atoms with van der Waals surface area (Å²) in [7, 11) is 3.32. The number of methoxy groups -OCH3 is 1. The Bertz CT molecular complexity index is 1080. The van der Waals surface area contributed by atoms with Gasteiger partial charge in [-0.1, -0.05) is 42.5 Å². The van der Waals surface area contributed by atoms with E-state index in [4.69, 9.17) is 10.5 Å². The molecule has 1 saturated heterocycles. The van der Waals surface area contributed by atoms with Crippen LogP contribution in [0.25, 0.3) is 0 Å². The number of nitrogens with one attached hydrogen (secondary N) is 2. The Kier molecular flexibility index (Phi) is 11.3. The van der Waals surface area contributed by atoms with E-state index in [1.807, 2.05) is 64.4 Å². The Labute approximate surface area is 232 Å². The maximum Gasteiger partial charge on any atom is 0.245 e. The number of carbonyl (C=O) groups excluding carboxylic acids is 3. The smallest absolute Gasteiger partial charge is 0.245 e. The second-order valence-electron chi connectivity index (χ2n) is 10.2. The van der Waals surface area contributed by atoms with Gasteiger partial charge in [0.1, 0.15) is 11.8 Å². The predicted octanol–water partition coefficient (Wildman–Crippen LogP) is 1.74. The molecule has 0 saturated carbocycles. The largest absolute Gasteiger partial charge is 0.497 e. The fourth-order valence-electron chi connectivity index (χ4n) is 4.89. The van der Waals surface area contributed by atoms with Crippen molar-refractivity contribution in [3.8, 4) is 5.75 Å². The molecule has 0 aromatic heterocycles. The fourth-order valence-corrected chi connectivity index (χ4v) is 4.89. The van der Waals surface area contributed by atoms with Gasteiger partial charge in [0.2, 0.25) is 17.7 Å². The van der Waals surface area contributed by atoms with Crippen molar-refractivity contribution in [2.45, 2.75) is 63.7 Å². The highest BCUT2D eigenvalue weighted by Crippen LogP contribution is 2.21. The third kappa shape index (κ3) is 8.53. The van der Waals surface area contributed by atoms with Gasteiger partial charge < -0.3 is 30.9 Å². The molecule has 1 heterocycles. The minimum absolute atomic E-state index is 0.132. The lowest BCUT2D eigenvalue weighted by Crippen LogP contribution is -2.55. The van der Waals surface area contributed by atoms with E-state index in [1.165, 1.54) is 0 Å². The number of hydrogen-bond donors (Lipinski definition) is 3. The molecule has 9 nitrogen and oxygen atoms in total. The molecule has 0 spiro atoms. The predicted molar refractivity (Wildman–Crippen MR) is 152 cm³/mol. The average molecular weight is 538 g/mol. The number of benzene rings is 2. The Morgan fingerprint density at radius 3 is 2.38 bits per heavy atom. The molecular weight excluding hydrogens is 494 g/mol. The van der Waals surface area contributed by atoms with Gasteiger partial charge in [-0.15, -0.1) is 0 Å². The summed E-state index contributed by atoms with van der Waals surface area (Å²) in [6, 6.07) is 15.7. The Balaban J connectivity index is 1.71. The third-order valence-corrected chi connectivity index (χ3v) is 7.40. The van der Waals surface area contributed by atoms with Crippen molar-refractivity contribution >= 4 is 17.7 Å². The molecule has 1 aliphatic rings. The van der Waals surface area contributed by atoms with Gasteiger partial charge >= 0.3 is 0 Å². The summed E-state index contributed by atoms with van der Waals surface area (Å²) in [6.07, 6.45) is 2.74. The zero-order chi connectivity index (χ0) is 28.4. The number of likely N-dealkylation sites (N-methyl/N-ethyl adjacent to an activating group) is 1. The third-order valence-electron chi connectivity index (χ3n) is 7.40. The molecule has 0 radical (unpaired) electrons. The lowest BCUT2D eigenvalue weighted by atomic mass is 10.0. The van der Waals surface area contributed by atoms with Gasteiger partial charge in [-0.3, -0.25) is 14.4 Å². The molecule has 0 bridgehead atoms. The molecule has 1 fully saturated rings. The highest BCUT2D eigenvalue weighted by atomic mass is 16.5. The van der Waals surface area contributed by atoms with Gasteiger partial charge in [-0.25, -0.2) is 0 Å². The number of nitrogens with zero attached hydrogens (tertiary/aromatic N) is 2. The van der Waals surface area contributed by atoms with E-state index in [9.17, 15) is 14.4 Å². The second kappa shape index (κ2) is 14.6. The van der Waals surface area contributed by atoms with Crippen LogP contribution in [0.1, 0.15) is 37.8 Å². The number of amides is 3. The second-order valence-corrected chi connectivity index (χ2v) is 10.2. The average Bonchev–Trinajstić information content (AvgIpc) is 3.42. The van der Waals surface area contributed by atoms with Crippen LogP contribution in [0.3, 0.4) is 0 Å². The maximum absolute atomic E-state index is 13.7. The van der Waals surface area contributed by atoms with Crippen molar-refractivity contribution in [2.24, 2.45) is 5.73 Å². The number of hydrogen-bond acceptors (Lipinski definition) is 6. The highest BCUT2D eigenvalue weighted by Gasteiger charge is 2.35. The Morgan fingerprint density at radius 2 is 1.74 bits per heavy atom. The minimum atomic E-state index is -0.707. The summed E-state index contributed by atoms with van der Waals surface area (Å²) >= 11 is 0. The minimum Gasteiger partial charge on any atom is -0.497 e. The van der Waals surface area contributed by atoms with Crippen LogP contribution in [-0.2, 0) is 27.2 Å². The maximum atomic E-state index is 13.7. The van der Waals surface area contributed by atoms with Gasteiger partial charge in [-0.05, 0) is 69.8 Å². The first-order valence-electron chi connectivity index (χ1n) is 13.7. The van der Waals surface area contributed by atoms with E-state index < -0.39 is 18.1 Å². The zero-order valence-electron chi connectivity index (χ0n) is 23.6. The Morgan fingerprint density at radius 1 is 1.05 bits per heavy atom. The molecule has 4 N–H and O–H groups in total. The molecule has 212 valence electrons. The molecule has 0 aliphatic carbocycles. The summed E-state index contributed by atoms with van der Waals surface area (Å²) in [5.41, 5.74) is 8.54. The van der Waals surface area contributed by atoms with Crippen LogP contribution in [0.5, 0.6) is 5.75 Å². The lowest BCUT2D eigenvalue weighted by Gasteiger charge is -2.34. The van der Waals surface area contributed by atoms with E-state index >= 15 is 0 Å². The van der Waals surface area contributed by atoms with E-state index in [-0.39, 0.29) is 23.8 Å². The van der Waals surface area contributed by atoms with Crippen LogP contribution in [-0.4, -0.2) is 85.5 Å². The van der Waals surface area contributed by atoms with Gasteiger partial charge in [0.15, 0.2) is 0 Å². The van der Waals surface area contributed by atoms with Gasteiger partial charge in [0.25, 0.3) is 0 Å². The van der Waals surface area contributed by atoms with Crippen molar-refractivity contribution in [2.75, 3.05) is 33.8 Å². The van der Waals surface area contributed by atoms with Gasteiger partial charge in [0, 0.05) is 25.7 Å². The van der Waals surface area contributed by atoms with Crippen LogP contribution >= 0.6 is 0 Å². The number of carbonyl (C=O) groups is 3. The summed E-state index contributed by atoms with van der Waals surface area (Å²) < 4.78 is 5.23. The van der Waals surface area contributed by atoms with Crippen LogP contribution in [0.2, 0.25) is 0 Å². The molecule has 1 aliphatic heterocycles. The summed E-state index contributed by atoms with van der Waals surface area (Å²) in [6.45, 7) is 4.96. The van der Waals surface area contributed by atoms with Crippen molar-refractivity contribution < 1.29 is 19.1 Å². The molecular formula is C30H43N5O4.